The maximum atomic E-state index is 14.3. The second-order valence-corrected chi connectivity index (χ2v) is 6.89. The molecule has 0 amide bonds. The van der Waals surface area contributed by atoms with Gasteiger partial charge in [0.25, 0.3) is 0 Å². The van der Waals surface area contributed by atoms with Crippen molar-refractivity contribution in [1.29, 1.82) is 0 Å². The van der Waals surface area contributed by atoms with Gasteiger partial charge in [-0.15, -0.1) is 0 Å². The molecule has 5 heteroatoms. The summed E-state index contributed by atoms with van der Waals surface area (Å²) >= 11 is 0. The highest BCUT2D eigenvalue weighted by molar-refractivity contribution is 5.80. The summed E-state index contributed by atoms with van der Waals surface area (Å²) in [6, 6.07) is 3.78. The molecule has 1 aliphatic carbocycles. The van der Waals surface area contributed by atoms with Gasteiger partial charge < -0.3 is 9.67 Å². The van der Waals surface area contributed by atoms with Crippen LogP contribution < -0.4 is 0 Å². The normalized spacial score (nSPS) is 20.1. The van der Waals surface area contributed by atoms with E-state index in [0.717, 1.165) is 11.3 Å². The first-order chi connectivity index (χ1) is 11.8. The van der Waals surface area contributed by atoms with E-state index in [2.05, 4.69) is 4.98 Å². The van der Waals surface area contributed by atoms with Crippen molar-refractivity contribution >= 4 is 17.0 Å². The molecule has 130 valence electrons. The van der Waals surface area contributed by atoms with E-state index in [9.17, 15) is 14.3 Å². The van der Waals surface area contributed by atoms with Crippen LogP contribution in [0.5, 0.6) is 0 Å². The van der Waals surface area contributed by atoms with Crippen molar-refractivity contribution in [2.45, 2.75) is 33.2 Å². The Labute approximate surface area is 146 Å². The number of pyridine rings is 1. The first-order valence-corrected chi connectivity index (χ1v) is 8.26. The van der Waals surface area contributed by atoms with Gasteiger partial charge in [0.05, 0.1) is 5.52 Å². The third-order valence-corrected chi connectivity index (χ3v) is 4.45. The van der Waals surface area contributed by atoms with E-state index in [1.165, 1.54) is 6.20 Å². The fraction of sp³-hybridized carbons (Fsp3) is 0.300. The molecule has 0 saturated carbocycles. The number of hydrogen-bond acceptors (Lipinski definition) is 2. The SMILES string of the molecule is CC(C)c1ccc2c(n1)c(F)cn2CC1=CC(C)(C(=O)O)C=CC=C1. The van der Waals surface area contributed by atoms with Gasteiger partial charge in [-0.3, -0.25) is 4.79 Å². The van der Waals surface area contributed by atoms with Crippen molar-refractivity contribution in [2.24, 2.45) is 5.41 Å². The fourth-order valence-corrected chi connectivity index (χ4v) is 2.94. The largest absolute Gasteiger partial charge is 0.480 e. The van der Waals surface area contributed by atoms with Crippen molar-refractivity contribution in [3.05, 3.63) is 65.8 Å². The first-order valence-electron chi connectivity index (χ1n) is 8.26. The van der Waals surface area contributed by atoms with Gasteiger partial charge in [-0.2, -0.15) is 0 Å². The molecule has 4 nitrogen and oxygen atoms in total. The van der Waals surface area contributed by atoms with Gasteiger partial charge in [0.15, 0.2) is 5.82 Å². The Morgan fingerprint density at radius 1 is 1.36 bits per heavy atom. The minimum atomic E-state index is -1.08. The Kier molecular flexibility index (Phi) is 4.33. The van der Waals surface area contributed by atoms with Crippen molar-refractivity contribution in [1.82, 2.24) is 9.55 Å². The predicted molar refractivity (Wildman–Crippen MR) is 95.9 cm³/mol. The number of aliphatic carboxylic acids is 1. The average Bonchev–Trinajstić information content (AvgIpc) is 2.73. The molecule has 0 bridgehead atoms. The maximum absolute atomic E-state index is 14.3. The lowest BCUT2D eigenvalue weighted by molar-refractivity contribution is -0.142. The number of fused-ring (bicyclic) bond motifs is 1. The Morgan fingerprint density at radius 3 is 2.80 bits per heavy atom. The van der Waals surface area contributed by atoms with Crippen LogP contribution in [0.15, 0.2) is 54.3 Å². The van der Waals surface area contributed by atoms with Crippen molar-refractivity contribution in [3.8, 4) is 0 Å². The molecule has 0 radical (unpaired) electrons. The topological polar surface area (TPSA) is 55.1 Å². The van der Waals surface area contributed by atoms with Gasteiger partial charge in [0.1, 0.15) is 10.9 Å². The van der Waals surface area contributed by atoms with E-state index in [0.29, 0.717) is 17.6 Å². The Hall–Kier alpha value is -2.69. The van der Waals surface area contributed by atoms with E-state index in [-0.39, 0.29) is 11.7 Å². The average molecular weight is 340 g/mol. The quantitative estimate of drug-likeness (QED) is 0.895. The first kappa shape index (κ1) is 17.1. The van der Waals surface area contributed by atoms with E-state index in [1.807, 2.05) is 32.1 Å². The molecule has 1 unspecified atom stereocenters. The molecule has 3 rings (SSSR count). The third kappa shape index (κ3) is 3.27. The van der Waals surface area contributed by atoms with Crippen molar-refractivity contribution in [3.63, 3.8) is 0 Å². The van der Waals surface area contributed by atoms with Crippen LogP contribution in [0.4, 0.5) is 4.39 Å². The molecular weight excluding hydrogens is 319 g/mol. The van der Waals surface area contributed by atoms with Gasteiger partial charge >= 0.3 is 5.97 Å². The number of rotatable bonds is 4. The number of carboxylic acid groups (broad SMARTS) is 1. The summed E-state index contributed by atoms with van der Waals surface area (Å²) in [5.74, 6) is -1.06. The van der Waals surface area contributed by atoms with Crippen LogP contribution in [-0.2, 0) is 11.3 Å². The minimum absolute atomic E-state index is 0.224. The number of carbonyl (C=O) groups is 1. The molecule has 2 aromatic rings. The molecule has 25 heavy (non-hydrogen) atoms. The maximum Gasteiger partial charge on any atom is 0.317 e. The monoisotopic (exact) mass is 340 g/mol. The summed E-state index contributed by atoms with van der Waals surface area (Å²) in [6.07, 6.45) is 10.1. The second-order valence-electron chi connectivity index (χ2n) is 6.89. The summed E-state index contributed by atoms with van der Waals surface area (Å²) < 4.78 is 16.1. The molecule has 0 aromatic carbocycles. The van der Waals surface area contributed by atoms with Crippen LogP contribution in [0.2, 0.25) is 0 Å². The van der Waals surface area contributed by atoms with Gasteiger partial charge in [-0.1, -0.05) is 44.2 Å². The highest BCUT2D eigenvalue weighted by Gasteiger charge is 2.28. The molecule has 2 aromatic heterocycles. The molecule has 0 aliphatic heterocycles. The number of allylic oxidation sites excluding steroid dienone is 4. The Bertz CT molecular complexity index is 921. The summed E-state index contributed by atoms with van der Waals surface area (Å²) in [5.41, 5.74) is 1.62. The predicted octanol–water partition coefficient (Wildman–Crippen LogP) is 4.44. The third-order valence-electron chi connectivity index (χ3n) is 4.45. The standard InChI is InChI=1S/C20H21FN2O2/c1-13(2)16-7-8-17-18(22-16)15(21)12-23(17)11-14-6-4-5-9-20(3,10-14)19(24)25/h4-10,12-13H,11H2,1-3H3,(H,24,25). The van der Waals surface area contributed by atoms with Crippen LogP contribution in [0, 0.1) is 11.2 Å². The highest BCUT2D eigenvalue weighted by Crippen LogP contribution is 2.28. The zero-order chi connectivity index (χ0) is 18.2. The molecule has 1 atom stereocenters. The molecular formula is C20H21FN2O2. The summed E-state index contributed by atoms with van der Waals surface area (Å²) in [5, 5.41) is 9.46. The number of carboxylic acids is 1. The van der Waals surface area contributed by atoms with Gasteiger partial charge in [0.2, 0.25) is 0 Å². The molecule has 0 spiro atoms. The van der Waals surface area contributed by atoms with Crippen LogP contribution in [0.1, 0.15) is 32.4 Å². The molecule has 1 N–H and O–H groups in total. The van der Waals surface area contributed by atoms with Gasteiger partial charge in [-0.05, 0) is 30.5 Å². The van der Waals surface area contributed by atoms with Crippen molar-refractivity contribution < 1.29 is 14.3 Å². The van der Waals surface area contributed by atoms with Gasteiger partial charge in [-0.25, -0.2) is 9.37 Å². The van der Waals surface area contributed by atoms with E-state index < -0.39 is 11.4 Å². The van der Waals surface area contributed by atoms with E-state index in [4.69, 9.17) is 0 Å². The Morgan fingerprint density at radius 2 is 2.12 bits per heavy atom. The smallest absolute Gasteiger partial charge is 0.317 e. The van der Waals surface area contributed by atoms with E-state index in [1.54, 1.807) is 35.8 Å². The number of halogens is 1. The van der Waals surface area contributed by atoms with Gasteiger partial charge in [0, 0.05) is 18.4 Å². The summed E-state index contributed by atoms with van der Waals surface area (Å²) in [6.45, 7) is 6.06. The zero-order valence-corrected chi connectivity index (χ0v) is 14.5. The molecule has 0 saturated heterocycles. The zero-order valence-electron chi connectivity index (χ0n) is 14.5. The summed E-state index contributed by atoms with van der Waals surface area (Å²) in [7, 11) is 0. The van der Waals surface area contributed by atoms with Crippen LogP contribution >= 0.6 is 0 Å². The number of hydrogen-bond donors (Lipinski definition) is 1. The number of nitrogens with zero attached hydrogens (tertiary/aromatic N) is 2. The Balaban J connectivity index is 2.01. The van der Waals surface area contributed by atoms with Crippen molar-refractivity contribution in [2.75, 3.05) is 0 Å². The van der Waals surface area contributed by atoms with Crippen LogP contribution in [0.25, 0.3) is 11.0 Å². The molecule has 2 heterocycles. The minimum Gasteiger partial charge on any atom is -0.480 e. The van der Waals surface area contributed by atoms with Crippen LogP contribution in [-0.4, -0.2) is 20.6 Å². The lowest BCUT2D eigenvalue weighted by Gasteiger charge is -2.17. The van der Waals surface area contributed by atoms with E-state index >= 15 is 0 Å². The number of aromatic nitrogens is 2. The lowest BCUT2D eigenvalue weighted by atomic mass is 9.88. The highest BCUT2D eigenvalue weighted by atomic mass is 19.1. The lowest BCUT2D eigenvalue weighted by Crippen LogP contribution is -2.23. The molecule has 0 fully saturated rings. The fourth-order valence-electron chi connectivity index (χ4n) is 2.94. The second kappa shape index (κ2) is 6.31. The summed E-state index contributed by atoms with van der Waals surface area (Å²) in [4.78, 5) is 16.0. The molecule has 1 aliphatic rings. The van der Waals surface area contributed by atoms with Crippen LogP contribution in [0.3, 0.4) is 0 Å².